The monoisotopic (exact) mass is 308 g/mol. The summed E-state index contributed by atoms with van der Waals surface area (Å²) in [6.45, 7) is 2.31. The Morgan fingerprint density at radius 1 is 1.22 bits per heavy atom. The Hall–Kier alpha value is -3.15. The van der Waals surface area contributed by atoms with Gasteiger partial charge in [0.05, 0.1) is 30.1 Å². The van der Waals surface area contributed by atoms with E-state index in [4.69, 9.17) is 4.42 Å². The predicted octanol–water partition coefficient (Wildman–Crippen LogP) is 3.37. The minimum atomic E-state index is -0.278. The molecule has 3 rings (SSSR count). The molecule has 3 aromatic heterocycles. The fourth-order valence-electron chi connectivity index (χ4n) is 2.05. The number of nitrogens with zero attached hydrogens (tertiary/aromatic N) is 2. The Labute approximate surface area is 133 Å². The van der Waals surface area contributed by atoms with Crippen molar-refractivity contribution in [1.29, 1.82) is 0 Å². The van der Waals surface area contributed by atoms with Crippen molar-refractivity contribution < 1.29 is 9.21 Å². The van der Waals surface area contributed by atoms with Crippen LogP contribution < -0.4 is 10.6 Å². The van der Waals surface area contributed by atoms with Gasteiger partial charge in [0.25, 0.3) is 0 Å². The van der Waals surface area contributed by atoms with E-state index < -0.39 is 0 Å². The van der Waals surface area contributed by atoms with Crippen molar-refractivity contribution in [2.75, 3.05) is 5.32 Å². The van der Waals surface area contributed by atoms with Crippen LogP contribution in [0.2, 0.25) is 0 Å². The Balaban J connectivity index is 1.56. The topological polar surface area (TPSA) is 80.0 Å². The third kappa shape index (κ3) is 3.74. The van der Waals surface area contributed by atoms with Crippen LogP contribution in [0.3, 0.4) is 0 Å². The van der Waals surface area contributed by atoms with Crippen LogP contribution in [-0.4, -0.2) is 16.0 Å². The molecule has 0 saturated heterocycles. The Bertz CT molecular complexity index is 783. The molecule has 0 aliphatic carbocycles. The summed E-state index contributed by atoms with van der Waals surface area (Å²) in [7, 11) is 0. The zero-order valence-electron chi connectivity index (χ0n) is 12.6. The van der Waals surface area contributed by atoms with Crippen molar-refractivity contribution in [2.45, 2.75) is 13.5 Å². The fraction of sp³-hybridized carbons (Fsp3) is 0.118. The first kappa shape index (κ1) is 14.8. The van der Waals surface area contributed by atoms with Crippen molar-refractivity contribution in [3.05, 3.63) is 66.5 Å². The van der Waals surface area contributed by atoms with Crippen molar-refractivity contribution >= 4 is 11.7 Å². The van der Waals surface area contributed by atoms with E-state index in [0.717, 1.165) is 22.4 Å². The second kappa shape index (κ2) is 6.74. The summed E-state index contributed by atoms with van der Waals surface area (Å²) in [6, 6.07) is 7.23. The number of pyridine rings is 2. The molecule has 3 heterocycles. The van der Waals surface area contributed by atoms with Gasteiger partial charge in [0.15, 0.2) is 0 Å². The Morgan fingerprint density at radius 2 is 2.13 bits per heavy atom. The van der Waals surface area contributed by atoms with Gasteiger partial charge in [-0.05, 0) is 36.2 Å². The van der Waals surface area contributed by atoms with Gasteiger partial charge in [0, 0.05) is 24.5 Å². The van der Waals surface area contributed by atoms with Crippen LogP contribution in [-0.2, 0) is 6.54 Å². The smallest absolute Gasteiger partial charge is 0.319 e. The molecule has 0 aliphatic rings. The van der Waals surface area contributed by atoms with Crippen LogP contribution in [0.5, 0.6) is 0 Å². The molecule has 23 heavy (non-hydrogen) atoms. The zero-order valence-corrected chi connectivity index (χ0v) is 12.6. The first-order chi connectivity index (χ1) is 11.2. The highest BCUT2D eigenvalue weighted by molar-refractivity contribution is 5.89. The van der Waals surface area contributed by atoms with Gasteiger partial charge in [-0.2, -0.15) is 0 Å². The molecule has 2 amide bonds. The fourth-order valence-corrected chi connectivity index (χ4v) is 2.05. The number of hydrogen-bond donors (Lipinski definition) is 2. The molecule has 0 fully saturated rings. The molecular formula is C17H16N4O2. The summed E-state index contributed by atoms with van der Waals surface area (Å²) in [5.74, 6) is 0. The van der Waals surface area contributed by atoms with E-state index in [2.05, 4.69) is 20.6 Å². The molecule has 0 radical (unpaired) electrons. The molecule has 3 aromatic rings. The Kier molecular flexibility index (Phi) is 4.33. The molecule has 6 nitrogen and oxygen atoms in total. The third-order valence-electron chi connectivity index (χ3n) is 3.38. The average molecular weight is 308 g/mol. The van der Waals surface area contributed by atoms with Gasteiger partial charge in [0.2, 0.25) is 0 Å². The molecule has 0 unspecified atom stereocenters. The number of urea groups is 1. The maximum atomic E-state index is 11.9. The lowest BCUT2D eigenvalue weighted by atomic mass is 10.2. The highest BCUT2D eigenvalue weighted by Gasteiger charge is 2.05. The molecule has 0 saturated carbocycles. The summed E-state index contributed by atoms with van der Waals surface area (Å²) in [6.07, 6.45) is 8.29. The molecule has 0 spiro atoms. The summed E-state index contributed by atoms with van der Waals surface area (Å²) in [5.41, 5.74) is 4.32. The average Bonchev–Trinajstić information content (AvgIpc) is 3.10. The van der Waals surface area contributed by atoms with Gasteiger partial charge in [-0.3, -0.25) is 9.97 Å². The lowest BCUT2D eigenvalue weighted by Crippen LogP contribution is -2.28. The van der Waals surface area contributed by atoms with E-state index in [1.54, 1.807) is 31.1 Å². The summed E-state index contributed by atoms with van der Waals surface area (Å²) in [5, 5.41) is 5.56. The molecule has 2 N–H and O–H groups in total. The first-order valence-corrected chi connectivity index (χ1v) is 7.15. The van der Waals surface area contributed by atoms with Crippen LogP contribution in [0, 0.1) is 6.92 Å². The van der Waals surface area contributed by atoms with Gasteiger partial charge in [0.1, 0.15) is 0 Å². The minimum Gasteiger partial charge on any atom is -0.472 e. The largest absolute Gasteiger partial charge is 0.472 e. The van der Waals surface area contributed by atoms with Crippen molar-refractivity contribution in [2.24, 2.45) is 0 Å². The number of carbonyl (C=O) groups is 1. The number of hydrogen-bond acceptors (Lipinski definition) is 4. The zero-order chi connectivity index (χ0) is 16.1. The standard InChI is InChI=1S/C17H16N4O2/c1-12-4-6-18-10-16(12)21-17(22)20-9-13-2-3-15(19-8-13)14-5-7-23-11-14/h2-8,10-11H,9H2,1H3,(H2,20,21,22). The highest BCUT2D eigenvalue weighted by atomic mass is 16.3. The maximum Gasteiger partial charge on any atom is 0.319 e. The summed E-state index contributed by atoms with van der Waals surface area (Å²) >= 11 is 0. The molecule has 0 atom stereocenters. The summed E-state index contributed by atoms with van der Waals surface area (Å²) in [4.78, 5) is 20.3. The molecule has 0 bridgehead atoms. The van der Waals surface area contributed by atoms with Crippen LogP contribution in [0.4, 0.5) is 10.5 Å². The van der Waals surface area contributed by atoms with E-state index in [9.17, 15) is 4.79 Å². The Morgan fingerprint density at radius 3 is 2.83 bits per heavy atom. The van der Waals surface area contributed by atoms with Gasteiger partial charge in [-0.1, -0.05) is 6.07 Å². The van der Waals surface area contributed by atoms with E-state index in [-0.39, 0.29) is 6.03 Å². The van der Waals surface area contributed by atoms with Gasteiger partial charge in [-0.25, -0.2) is 4.79 Å². The third-order valence-corrected chi connectivity index (χ3v) is 3.38. The molecule has 0 aliphatic heterocycles. The molecular weight excluding hydrogens is 292 g/mol. The maximum absolute atomic E-state index is 11.9. The number of aryl methyl sites for hydroxylation is 1. The number of nitrogens with one attached hydrogen (secondary N) is 2. The lowest BCUT2D eigenvalue weighted by molar-refractivity contribution is 0.251. The molecule has 0 aromatic carbocycles. The van der Waals surface area contributed by atoms with Crippen LogP contribution in [0.1, 0.15) is 11.1 Å². The number of furan rings is 1. The van der Waals surface area contributed by atoms with Crippen molar-refractivity contribution in [1.82, 2.24) is 15.3 Å². The van der Waals surface area contributed by atoms with Crippen molar-refractivity contribution in [3.8, 4) is 11.3 Å². The SMILES string of the molecule is Cc1ccncc1NC(=O)NCc1ccc(-c2ccoc2)nc1. The van der Waals surface area contributed by atoms with Crippen LogP contribution in [0.25, 0.3) is 11.3 Å². The van der Waals surface area contributed by atoms with E-state index in [1.807, 2.05) is 31.2 Å². The second-order valence-corrected chi connectivity index (χ2v) is 5.06. The van der Waals surface area contributed by atoms with Gasteiger partial charge in [-0.15, -0.1) is 0 Å². The first-order valence-electron chi connectivity index (χ1n) is 7.15. The van der Waals surface area contributed by atoms with Crippen molar-refractivity contribution in [3.63, 3.8) is 0 Å². The normalized spacial score (nSPS) is 10.3. The van der Waals surface area contributed by atoms with Crippen LogP contribution >= 0.6 is 0 Å². The van der Waals surface area contributed by atoms with E-state index in [1.165, 1.54) is 0 Å². The molecule has 6 heteroatoms. The number of carbonyl (C=O) groups excluding carboxylic acids is 1. The van der Waals surface area contributed by atoms with E-state index in [0.29, 0.717) is 12.2 Å². The number of rotatable bonds is 4. The van der Waals surface area contributed by atoms with Gasteiger partial charge >= 0.3 is 6.03 Å². The lowest BCUT2D eigenvalue weighted by Gasteiger charge is -2.09. The predicted molar refractivity (Wildman–Crippen MR) is 86.8 cm³/mol. The highest BCUT2D eigenvalue weighted by Crippen LogP contribution is 2.17. The summed E-state index contributed by atoms with van der Waals surface area (Å²) < 4.78 is 5.03. The minimum absolute atomic E-state index is 0.278. The quantitative estimate of drug-likeness (QED) is 0.774. The molecule has 116 valence electrons. The second-order valence-electron chi connectivity index (χ2n) is 5.06. The number of aromatic nitrogens is 2. The van der Waals surface area contributed by atoms with Gasteiger partial charge < -0.3 is 15.1 Å². The number of amides is 2. The van der Waals surface area contributed by atoms with E-state index >= 15 is 0 Å². The van der Waals surface area contributed by atoms with Crippen LogP contribution in [0.15, 0.2) is 59.8 Å². The number of anilines is 1.